The first-order valence-electron chi connectivity index (χ1n) is 7.73. The van der Waals surface area contributed by atoms with Gasteiger partial charge in [0.1, 0.15) is 0 Å². The summed E-state index contributed by atoms with van der Waals surface area (Å²) in [5.74, 6) is -0.942. The smallest absolute Gasteiger partial charge is 0.280 e. The first kappa shape index (κ1) is 16.0. The van der Waals surface area contributed by atoms with E-state index in [1.807, 2.05) is 37.3 Å². The third-order valence-corrected chi connectivity index (χ3v) is 4.04. The van der Waals surface area contributed by atoms with E-state index in [2.05, 4.69) is 5.43 Å². The highest BCUT2D eigenvalue weighted by atomic mass is 16.3. The van der Waals surface area contributed by atoms with Crippen LogP contribution in [0.1, 0.15) is 39.3 Å². The topological polar surface area (TPSA) is 69.6 Å². The Morgan fingerprint density at radius 3 is 2.08 bits per heavy atom. The molecule has 2 N–H and O–H groups in total. The largest absolute Gasteiger partial charge is 0.388 e. The number of aliphatic hydroxyl groups is 1. The normalized spacial score (nSPS) is 16.3. The van der Waals surface area contributed by atoms with Gasteiger partial charge >= 0.3 is 0 Å². The molecule has 0 bridgehead atoms. The summed E-state index contributed by atoms with van der Waals surface area (Å²) in [7, 11) is 0. The number of carbonyl (C=O) groups excluding carboxylic acids is 2. The number of rotatable bonds is 5. The number of aliphatic hydroxyl groups excluding tert-OH is 1. The van der Waals surface area contributed by atoms with Gasteiger partial charge in [-0.3, -0.25) is 15.0 Å². The summed E-state index contributed by atoms with van der Waals surface area (Å²) in [6, 6.07) is 16.0. The zero-order valence-corrected chi connectivity index (χ0v) is 13.2. The van der Waals surface area contributed by atoms with Crippen LogP contribution in [0.25, 0.3) is 0 Å². The molecular formula is C19H18N2O3. The van der Waals surface area contributed by atoms with Crippen LogP contribution in [-0.4, -0.2) is 21.9 Å². The van der Waals surface area contributed by atoms with Crippen molar-refractivity contribution >= 4 is 11.8 Å². The van der Waals surface area contributed by atoms with Gasteiger partial charge in [-0.1, -0.05) is 55.5 Å². The Morgan fingerprint density at radius 1 is 0.958 bits per heavy atom. The van der Waals surface area contributed by atoms with Crippen molar-refractivity contribution in [2.24, 2.45) is 5.92 Å². The minimum atomic E-state index is -0.661. The number of amides is 2. The number of hydrazine groups is 1. The van der Waals surface area contributed by atoms with E-state index in [4.69, 9.17) is 0 Å². The quantitative estimate of drug-likeness (QED) is 0.830. The van der Waals surface area contributed by atoms with Gasteiger partial charge in [0.15, 0.2) is 0 Å². The zero-order chi connectivity index (χ0) is 17.1. The lowest BCUT2D eigenvalue weighted by atomic mass is 9.97. The third-order valence-electron chi connectivity index (χ3n) is 4.04. The van der Waals surface area contributed by atoms with Crippen LogP contribution in [0.5, 0.6) is 0 Å². The number of carbonyl (C=O) groups is 2. The summed E-state index contributed by atoms with van der Waals surface area (Å²) in [5.41, 5.74) is 4.30. The second-order valence-corrected chi connectivity index (χ2v) is 5.69. The fraction of sp³-hybridized carbons (Fsp3) is 0.158. The van der Waals surface area contributed by atoms with E-state index in [9.17, 15) is 14.7 Å². The lowest BCUT2D eigenvalue weighted by Gasteiger charge is -2.17. The van der Waals surface area contributed by atoms with Crippen LogP contribution in [-0.2, 0) is 0 Å². The molecule has 5 heteroatoms. The second kappa shape index (κ2) is 6.68. The Balaban J connectivity index is 1.65. The molecule has 2 amide bonds. The molecule has 0 radical (unpaired) electrons. The van der Waals surface area contributed by atoms with Gasteiger partial charge in [-0.25, -0.2) is 0 Å². The summed E-state index contributed by atoms with van der Waals surface area (Å²) >= 11 is 0. The van der Waals surface area contributed by atoms with Gasteiger partial charge in [0, 0.05) is 12.1 Å². The van der Waals surface area contributed by atoms with Gasteiger partial charge in [-0.15, -0.1) is 0 Å². The van der Waals surface area contributed by atoms with Crippen molar-refractivity contribution in [3.05, 3.63) is 83.6 Å². The average Bonchev–Trinajstić information content (AvgIpc) is 2.87. The zero-order valence-electron chi connectivity index (χ0n) is 13.2. The Bertz CT molecular complexity index is 751. The van der Waals surface area contributed by atoms with E-state index >= 15 is 0 Å². The summed E-state index contributed by atoms with van der Waals surface area (Å²) in [5, 5.41) is 11.3. The Kier molecular flexibility index (Phi) is 4.44. The van der Waals surface area contributed by atoms with E-state index < -0.39 is 6.10 Å². The van der Waals surface area contributed by atoms with Crippen LogP contribution >= 0.6 is 0 Å². The molecule has 2 aromatic carbocycles. The lowest BCUT2D eigenvalue weighted by Crippen LogP contribution is -2.39. The molecule has 1 aliphatic rings. The van der Waals surface area contributed by atoms with Gasteiger partial charge < -0.3 is 5.11 Å². The molecular weight excluding hydrogens is 304 g/mol. The number of benzene rings is 2. The third kappa shape index (κ3) is 2.94. The fourth-order valence-electron chi connectivity index (χ4n) is 2.63. The van der Waals surface area contributed by atoms with Gasteiger partial charge in [0.05, 0.1) is 17.2 Å². The van der Waals surface area contributed by atoms with Crippen LogP contribution in [0.3, 0.4) is 0 Å². The summed E-state index contributed by atoms with van der Waals surface area (Å²) < 4.78 is 0. The van der Waals surface area contributed by atoms with E-state index in [-0.39, 0.29) is 17.7 Å². The molecule has 0 saturated carbocycles. The van der Waals surface area contributed by atoms with E-state index in [0.717, 1.165) is 10.6 Å². The molecule has 122 valence electrons. The molecule has 24 heavy (non-hydrogen) atoms. The number of nitrogens with one attached hydrogen (secondary N) is 1. The van der Waals surface area contributed by atoms with E-state index in [0.29, 0.717) is 11.1 Å². The lowest BCUT2D eigenvalue weighted by molar-refractivity contribution is 0.0598. The molecule has 0 saturated heterocycles. The summed E-state index contributed by atoms with van der Waals surface area (Å²) in [6.45, 7) is 1.86. The fourth-order valence-corrected chi connectivity index (χ4v) is 2.63. The van der Waals surface area contributed by atoms with Crippen molar-refractivity contribution in [2.75, 3.05) is 0 Å². The molecule has 2 unspecified atom stereocenters. The predicted octanol–water partition coefficient (Wildman–Crippen LogP) is 2.67. The maximum Gasteiger partial charge on any atom is 0.280 e. The minimum absolute atomic E-state index is 0.185. The maximum atomic E-state index is 12.2. The van der Waals surface area contributed by atoms with E-state index in [1.54, 1.807) is 30.3 Å². The summed E-state index contributed by atoms with van der Waals surface area (Å²) in [6.07, 6.45) is 2.58. The minimum Gasteiger partial charge on any atom is -0.388 e. The molecule has 1 heterocycles. The van der Waals surface area contributed by atoms with Gasteiger partial charge in [0.2, 0.25) is 0 Å². The van der Waals surface area contributed by atoms with Gasteiger partial charge in [-0.2, -0.15) is 5.01 Å². The standard InChI is InChI=1S/C19H18N2O3/c1-13(17(22)14-7-3-2-4-8-14)11-12-20-21-18(23)15-9-5-6-10-16(15)19(21)24/h2-13,17,20,22H,1H3/b12-11+. The molecule has 0 fully saturated rings. The van der Waals surface area contributed by atoms with Crippen LogP contribution in [0, 0.1) is 5.92 Å². The second-order valence-electron chi connectivity index (χ2n) is 5.69. The molecule has 0 aliphatic carbocycles. The number of hydrogen-bond acceptors (Lipinski definition) is 4. The Morgan fingerprint density at radius 2 is 1.50 bits per heavy atom. The van der Waals surface area contributed by atoms with Gasteiger partial charge in [0.25, 0.3) is 11.8 Å². The number of fused-ring (bicyclic) bond motifs is 1. The highest BCUT2D eigenvalue weighted by Crippen LogP contribution is 2.23. The van der Waals surface area contributed by atoms with Crippen LogP contribution in [0.4, 0.5) is 0 Å². The SMILES string of the molecule is CC(/C=C/NN1C(=O)c2ccccc2C1=O)C(O)c1ccccc1. The molecule has 0 aromatic heterocycles. The van der Waals surface area contributed by atoms with Crippen molar-refractivity contribution in [1.29, 1.82) is 0 Å². The molecule has 3 rings (SSSR count). The van der Waals surface area contributed by atoms with Crippen LogP contribution in [0.2, 0.25) is 0 Å². The highest BCUT2D eigenvalue weighted by molar-refractivity contribution is 6.21. The first-order valence-corrected chi connectivity index (χ1v) is 7.73. The van der Waals surface area contributed by atoms with Crippen molar-refractivity contribution < 1.29 is 14.7 Å². The van der Waals surface area contributed by atoms with Crippen molar-refractivity contribution in [3.8, 4) is 0 Å². The number of imide groups is 1. The van der Waals surface area contributed by atoms with E-state index in [1.165, 1.54) is 6.20 Å². The maximum absolute atomic E-state index is 12.2. The highest BCUT2D eigenvalue weighted by Gasteiger charge is 2.34. The van der Waals surface area contributed by atoms with Crippen molar-refractivity contribution in [1.82, 2.24) is 10.4 Å². The number of nitrogens with zero attached hydrogens (tertiary/aromatic N) is 1. The number of hydrogen-bond donors (Lipinski definition) is 2. The first-order chi connectivity index (χ1) is 11.6. The predicted molar refractivity (Wildman–Crippen MR) is 89.8 cm³/mol. The monoisotopic (exact) mass is 322 g/mol. The Labute approximate surface area is 140 Å². The molecule has 1 aliphatic heterocycles. The van der Waals surface area contributed by atoms with Crippen LogP contribution in [0.15, 0.2) is 66.9 Å². The van der Waals surface area contributed by atoms with Crippen LogP contribution < -0.4 is 5.43 Å². The van der Waals surface area contributed by atoms with Crippen molar-refractivity contribution in [3.63, 3.8) is 0 Å². The average molecular weight is 322 g/mol. The van der Waals surface area contributed by atoms with Gasteiger partial charge in [-0.05, 0) is 17.7 Å². The molecule has 2 aromatic rings. The Hall–Kier alpha value is -2.92. The molecule has 2 atom stereocenters. The molecule has 5 nitrogen and oxygen atoms in total. The molecule has 0 spiro atoms. The summed E-state index contributed by atoms with van der Waals surface area (Å²) in [4.78, 5) is 24.4. The van der Waals surface area contributed by atoms with Crippen molar-refractivity contribution in [2.45, 2.75) is 13.0 Å².